The molecule has 2 atom stereocenters. The van der Waals surface area contributed by atoms with Gasteiger partial charge in [0, 0.05) is 42.9 Å². The topological polar surface area (TPSA) is 51.5 Å². The Labute approximate surface area is 159 Å². The Morgan fingerprint density at radius 3 is 2.52 bits per heavy atom. The fourth-order valence-electron chi connectivity index (χ4n) is 4.73. The fraction of sp³-hybridized carbons (Fsp3) is 0.545. The van der Waals surface area contributed by atoms with Gasteiger partial charge >= 0.3 is 5.97 Å². The molecule has 144 valence electrons. The quantitative estimate of drug-likeness (QED) is 0.776. The zero-order valence-corrected chi connectivity index (χ0v) is 16.4. The summed E-state index contributed by atoms with van der Waals surface area (Å²) in [6.07, 6.45) is 4.10. The van der Waals surface area contributed by atoms with Crippen molar-refractivity contribution in [2.75, 3.05) is 7.05 Å². The van der Waals surface area contributed by atoms with Crippen LogP contribution < -0.4 is 5.56 Å². The van der Waals surface area contributed by atoms with Gasteiger partial charge in [-0.1, -0.05) is 32.0 Å². The van der Waals surface area contributed by atoms with Crippen LogP contribution in [0.2, 0.25) is 0 Å². The van der Waals surface area contributed by atoms with Gasteiger partial charge in [0.05, 0.1) is 11.1 Å². The Bertz CT molecular complexity index is 903. The minimum Gasteiger partial charge on any atom is -0.459 e. The molecule has 5 nitrogen and oxygen atoms in total. The maximum Gasteiger partial charge on any atom is 0.339 e. The molecule has 2 saturated heterocycles. The van der Waals surface area contributed by atoms with E-state index in [1.807, 2.05) is 24.3 Å². The number of esters is 1. The molecule has 2 bridgehead atoms. The molecule has 0 radical (unpaired) electrons. The molecule has 2 aliphatic rings. The van der Waals surface area contributed by atoms with Crippen molar-refractivity contribution in [1.29, 1.82) is 0 Å². The van der Waals surface area contributed by atoms with Crippen molar-refractivity contribution in [2.24, 2.45) is 5.92 Å². The van der Waals surface area contributed by atoms with Crippen LogP contribution in [-0.2, 0) is 11.3 Å². The molecule has 27 heavy (non-hydrogen) atoms. The number of hydrogen-bond acceptors (Lipinski definition) is 4. The predicted octanol–water partition coefficient (Wildman–Crippen LogP) is 3.44. The number of pyridine rings is 1. The molecule has 1 aromatic heterocycles. The first-order chi connectivity index (χ1) is 12.9. The van der Waals surface area contributed by atoms with Gasteiger partial charge in [0.25, 0.3) is 5.56 Å². The standard InChI is InChI=1S/C22H28N2O3/c1-14(2)13-24-20-7-5-4-6-18(20)19(12-21(24)25)22(26)27-17-10-15-8-9-16(11-17)23(15)3/h4-7,12,14-17H,8-11,13H2,1-3H3. The highest BCUT2D eigenvalue weighted by Gasteiger charge is 2.40. The molecule has 2 aromatic rings. The molecule has 3 heterocycles. The van der Waals surface area contributed by atoms with Gasteiger partial charge in [-0.2, -0.15) is 0 Å². The van der Waals surface area contributed by atoms with E-state index in [9.17, 15) is 9.59 Å². The minimum absolute atomic E-state index is 0.0527. The van der Waals surface area contributed by atoms with Crippen LogP contribution in [0.3, 0.4) is 0 Å². The molecular formula is C22H28N2O3. The highest BCUT2D eigenvalue weighted by Crippen LogP contribution is 2.35. The number of para-hydroxylation sites is 1. The Kier molecular flexibility index (Phi) is 4.81. The van der Waals surface area contributed by atoms with Crippen molar-refractivity contribution >= 4 is 16.9 Å². The SMILES string of the molecule is CC(C)Cn1c(=O)cc(C(=O)OC2CC3CCC(C2)N3C)c2ccccc21. The maximum absolute atomic E-state index is 12.9. The van der Waals surface area contributed by atoms with Gasteiger partial charge in [-0.3, -0.25) is 4.79 Å². The van der Waals surface area contributed by atoms with E-state index in [1.165, 1.54) is 18.9 Å². The van der Waals surface area contributed by atoms with E-state index in [0.717, 1.165) is 23.7 Å². The van der Waals surface area contributed by atoms with Gasteiger partial charge in [-0.25, -0.2) is 4.79 Å². The summed E-state index contributed by atoms with van der Waals surface area (Å²) in [4.78, 5) is 28.1. The zero-order valence-electron chi connectivity index (χ0n) is 16.4. The Morgan fingerprint density at radius 2 is 1.85 bits per heavy atom. The summed E-state index contributed by atoms with van der Waals surface area (Å²) in [5.41, 5.74) is 1.05. The number of carbonyl (C=O) groups excluding carboxylic acids is 1. The van der Waals surface area contributed by atoms with Crippen molar-refractivity contribution in [3.8, 4) is 0 Å². The lowest BCUT2D eigenvalue weighted by molar-refractivity contribution is -0.000287. The summed E-state index contributed by atoms with van der Waals surface area (Å²) >= 11 is 0. The minimum atomic E-state index is -0.367. The molecule has 0 spiro atoms. The van der Waals surface area contributed by atoms with Gasteiger partial charge in [0.15, 0.2) is 0 Å². The second-order valence-corrected chi connectivity index (χ2v) is 8.47. The predicted molar refractivity (Wildman–Crippen MR) is 106 cm³/mol. The number of hydrogen-bond donors (Lipinski definition) is 0. The Morgan fingerprint density at radius 1 is 1.19 bits per heavy atom. The first kappa shape index (κ1) is 18.2. The van der Waals surface area contributed by atoms with Crippen LogP contribution in [0.25, 0.3) is 10.9 Å². The van der Waals surface area contributed by atoms with Gasteiger partial charge in [0.1, 0.15) is 6.10 Å². The average molecular weight is 368 g/mol. The summed E-state index contributed by atoms with van der Waals surface area (Å²) in [5, 5.41) is 0.790. The number of nitrogens with zero attached hydrogens (tertiary/aromatic N) is 2. The van der Waals surface area contributed by atoms with Crippen LogP contribution in [0.4, 0.5) is 0 Å². The van der Waals surface area contributed by atoms with E-state index in [2.05, 4.69) is 25.8 Å². The molecule has 5 heteroatoms. The largest absolute Gasteiger partial charge is 0.459 e. The summed E-state index contributed by atoms with van der Waals surface area (Å²) in [7, 11) is 2.17. The van der Waals surface area contributed by atoms with E-state index >= 15 is 0 Å². The third-order valence-corrected chi connectivity index (χ3v) is 6.12. The Hall–Kier alpha value is -2.14. The van der Waals surface area contributed by atoms with Crippen LogP contribution in [0.5, 0.6) is 0 Å². The average Bonchev–Trinajstić information content (AvgIpc) is 2.84. The van der Waals surface area contributed by atoms with Crippen molar-refractivity contribution in [3.63, 3.8) is 0 Å². The van der Waals surface area contributed by atoms with E-state index in [4.69, 9.17) is 4.74 Å². The molecule has 4 rings (SSSR count). The second kappa shape index (κ2) is 7.12. The van der Waals surface area contributed by atoms with Gasteiger partial charge in [-0.05, 0) is 31.9 Å². The van der Waals surface area contributed by atoms with Crippen LogP contribution in [0.1, 0.15) is 49.9 Å². The third-order valence-electron chi connectivity index (χ3n) is 6.12. The lowest BCUT2D eigenvalue weighted by Crippen LogP contribution is -2.43. The van der Waals surface area contributed by atoms with Crippen molar-refractivity contribution in [3.05, 3.63) is 46.2 Å². The first-order valence-corrected chi connectivity index (χ1v) is 9.99. The highest BCUT2D eigenvalue weighted by molar-refractivity contribution is 6.03. The van der Waals surface area contributed by atoms with E-state index in [-0.39, 0.29) is 17.6 Å². The third kappa shape index (κ3) is 3.41. The number of rotatable bonds is 4. The van der Waals surface area contributed by atoms with E-state index in [1.54, 1.807) is 4.57 Å². The van der Waals surface area contributed by atoms with E-state index in [0.29, 0.717) is 30.1 Å². The van der Waals surface area contributed by atoms with Crippen LogP contribution >= 0.6 is 0 Å². The molecule has 0 amide bonds. The Balaban J connectivity index is 1.64. The van der Waals surface area contributed by atoms with Gasteiger partial charge in [-0.15, -0.1) is 0 Å². The lowest BCUT2D eigenvalue weighted by Gasteiger charge is -2.35. The normalized spacial score (nSPS) is 25.3. The van der Waals surface area contributed by atoms with Crippen molar-refractivity contribution < 1.29 is 9.53 Å². The molecule has 0 saturated carbocycles. The number of piperidine rings is 1. The summed E-state index contributed by atoms with van der Waals surface area (Å²) < 4.78 is 7.63. The van der Waals surface area contributed by atoms with Crippen molar-refractivity contribution in [1.82, 2.24) is 9.47 Å². The van der Waals surface area contributed by atoms with Crippen LogP contribution in [0.15, 0.2) is 35.1 Å². The smallest absolute Gasteiger partial charge is 0.339 e. The molecule has 2 aliphatic heterocycles. The molecule has 2 fully saturated rings. The summed E-state index contributed by atoms with van der Waals surface area (Å²) in [6.45, 7) is 4.79. The zero-order chi connectivity index (χ0) is 19.1. The number of fused-ring (bicyclic) bond motifs is 3. The monoisotopic (exact) mass is 368 g/mol. The number of ether oxygens (including phenoxy) is 1. The summed E-state index contributed by atoms with van der Waals surface area (Å²) in [5.74, 6) is -0.0208. The summed E-state index contributed by atoms with van der Waals surface area (Å²) in [6, 6.07) is 10.1. The first-order valence-electron chi connectivity index (χ1n) is 9.99. The van der Waals surface area contributed by atoms with Crippen molar-refractivity contribution in [2.45, 2.75) is 64.3 Å². The maximum atomic E-state index is 12.9. The highest BCUT2D eigenvalue weighted by atomic mass is 16.5. The van der Waals surface area contributed by atoms with E-state index < -0.39 is 0 Å². The number of carbonyl (C=O) groups is 1. The number of aromatic nitrogens is 1. The lowest BCUT2D eigenvalue weighted by atomic mass is 10.0. The van der Waals surface area contributed by atoms with Crippen LogP contribution in [0, 0.1) is 5.92 Å². The molecule has 0 aliphatic carbocycles. The van der Waals surface area contributed by atoms with Gasteiger partial charge < -0.3 is 14.2 Å². The molecule has 2 unspecified atom stereocenters. The van der Waals surface area contributed by atoms with Gasteiger partial charge in [0.2, 0.25) is 0 Å². The second-order valence-electron chi connectivity index (χ2n) is 8.47. The fourth-order valence-corrected chi connectivity index (χ4v) is 4.73. The molecule has 0 N–H and O–H groups in total. The molecular weight excluding hydrogens is 340 g/mol. The van der Waals surface area contributed by atoms with Crippen LogP contribution in [-0.4, -0.2) is 40.7 Å². The molecule has 1 aromatic carbocycles. The number of benzene rings is 1.